The summed E-state index contributed by atoms with van der Waals surface area (Å²) < 4.78 is 0. The standard InChI is InChI=1S/C25H37N/c1-8-10-21(11-9-2)22-13-14-24-20(7)26(17-23(24)16-22)25(19(5)6)15-12-18(3)4/h13-14,16,21,25H,3,5,7-12,15,17H2,1-2,4,6H3. The van der Waals surface area contributed by atoms with E-state index in [0.717, 1.165) is 25.1 Å². The van der Waals surface area contributed by atoms with Gasteiger partial charge in [0.15, 0.2) is 0 Å². The highest BCUT2D eigenvalue weighted by molar-refractivity contribution is 5.70. The van der Waals surface area contributed by atoms with Crippen LogP contribution in [0.2, 0.25) is 0 Å². The molecule has 1 aromatic rings. The predicted octanol–water partition coefficient (Wildman–Crippen LogP) is 7.46. The quantitative estimate of drug-likeness (QED) is 0.395. The summed E-state index contributed by atoms with van der Waals surface area (Å²) in [6.07, 6.45) is 7.17. The van der Waals surface area contributed by atoms with Crippen LogP contribution in [0.3, 0.4) is 0 Å². The van der Waals surface area contributed by atoms with E-state index in [4.69, 9.17) is 0 Å². The minimum atomic E-state index is 0.345. The zero-order chi connectivity index (χ0) is 19.3. The van der Waals surface area contributed by atoms with E-state index in [1.54, 1.807) is 0 Å². The van der Waals surface area contributed by atoms with Crippen LogP contribution in [0, 0.1) is 0 Å². The second-order valence-corrected chi connectivity index (χ2v) is 8.12. The number of fused-ring (bicyclic) bond motifs is 1. The first-order valence-corrected chi connectivity index (χ1v) is 10.3. The minimum Gasteiger partial charge on any atom is -0.360 e. The van der Waals surface area contributed by atoms with Gasteiger partial charge in [0.25, 0.3) is 0 Å². The van der Waals surface area contributed by atoms with Gasteiger partial charge in [-0.3, -0.25) is 0 Å². The van der Waals surface area contributed by atoms with Gasteiger partial charge in [-0.25, -0.2) is 0 Å². The molecule has 1 aromatic carbocycles. The number of hydrogen-bond donors (Lipinski definition) is 0. The van der Waals surface area contributed by atoms with Gasteiger partial charge in [-0.1, -0.05) is 69.2 Å². The molecule has 0 saturated carbocycles. The first kappa shape index (κ1) is 20.6. The molecule has 0 bridgehead atoms. The second kappa shape index (κ2) is 9.26. The topological polar surface area (TPSA) is 3.24 Å². The molecule has 1 aliphatic heterocycles. The molecule has 0 spiro atoms. The lowest BCUT2D eigenvalue weighted by atomic mass is 9.88. The lowest BCUT2D eigenvalue weighted by Gasteiger charge is -2.31. The van der Waals surface area contributed by atoms with Crippen molar-refractivity contribution in [2.24, 2.45) is 0 Å². The fourth-order valence-corrected chi connectivity index (χ4v) is 4.24. The molecule has 0 amide bonds. The SMILES string of the molecule is C=C(C)CCC(C(=C)C)N1Cc2cc(C(CCC)CCC)ccc2C1=C. The Balaban J connectivity index is 2.23. The van der Waals surface area contributed by atoms with Gasteiger partial charge >= 0.3 is 0 Å². The maximum Gasteiger partial charge on any atom is 0.0503 e. The summed E-state index contributed by atoms with van der Waals surface area (Å²) in [5.74, 6) is 0.693. The molecule has 1 aliphatic rings. The van der Waals surface area contributed by atoms with Crippen LogP contribution in [0.5, 0.6) is 0 Å². The average molecular weight is 352 g/mol. The van der Waals surface area contributed by atoms with Crippen LogP contribution in [-0.2, 0) is 6.54 Å². The van der Waals surface area contributed by atoms with Crippen molar-refractivity contribution in [3.8, 4) is 0 Å². The van der Waals surface area contributed by atoms with Crippen LogP contribution in [-0.4, -0.2) is 10.9 Å². The third kappa shape index (κ3) is 4.69. The molecule has 142 valence electrons. The van der Waals surface area contributed by atoms with Crippen molar-refractivity contribution < 1.29 is 0 Å². The Morgan fingerprint density at radius 2 is 1.73 bits per heavy atom. The van der Waals surface area contributed by atoms with Crippen LogP contribution < -0.4 is 0 Å². The zero-order valence-electron chi connectivity index (χ0n) is 17.4. The highest BCUT2D eigenvalue weighted by atomic mass is 15.2. The monoisotopic (exact) mass is 351 g/mol. The first-order chi connectivity index (χ1) is 12.4. The van der Waals surface area contributed by atoms with Gasteiger partial charge in [0.2, 0.25) is 0 Å². The lowest BCUT2D eigenvalue weighted by Crippen LogP contribution is -2.30. The molecule has 0 saturated heterocycles. The highest BCUT2D eigenvalue weighted by Gasteiger charge is 2.29. The summed E-state index contributed by atoms with van der Waals surface area (Å²) >= 11 is 0. The van der Waals surface area contributed by atoms with E-state index < -0.39 is 0 Å². The Hall–Kier alpha value is -1.76. The number of allylic oxidation sites excluding steroid dienone is 1. The van der Waals surface area contributed by atoms with Gasteiger partial charge in [-0.05, 0) is 56.6 Å². The molecule has 0 aliphatic carbocycles. The summed E-state index contributed by atoms with van der Waals surface area (Å²) in [7, 11) is 0. The Kier molecular flexibility index (Phi) is 7.32. The van der Waals surface area contributed by atoms with E-state index in [2.05, 4.69) is 70.5 Å². The van der Waals surface area contributed by atoms with Crippen molar-refractivity contribution in [3.05, 3.63) is 65.8 Å². The summed E-state index contributed by atoms with van der Waals surface area (Å²) in [6.45, 7) is 22.5. The van der Waals surface area contributed by atoms with Crippen molar-refractivity contribution >= 4 is 5.70 Å². The molecule has 2 rings (SSSR count). The first-order valence-electron chi connectivity index (χ1n) is 10.3. The van der Waals surface area contributed by atoms with Gasteiger partial charge < -0.3 is 4.90 Å². The van der Waals surface area contributed by atoms with E-state index in [1.807, 2.05) is 0 Å². The molecule has 26 heavy (non-hydrogen) atoms. The number of nitrogens with zero attached hydrogens (tertiary/aromatic N) is 1. The molecule has 0 N–H and O–H groups in total. The average Bonchev–Trinajstić information content (AvgIpc) is 2.90. The largest absolute Gasteiger partial charge is 0.360 e. The summed E-state index contributed by atoms with van der Waals surface area (Å²) in [5.41, 5.74) is 7.88. The molecular formula is C25H37N. The van der Waals surface area contributed by atoms with Crippen LogP contribution in [0.4, 0.5) is 0 Å². The van der Waals surface area contributed by atoms with Crippen molar-refractivity contribution in [1.82, 2.24) is 4.90 Å². The maximum absolute atomic E-state index is 4.42. The van der Waals surface area contributed by atoms with E-state index in [1.165, 1.54) is 53.5 Å². The van der Waals surface area contributed by atoms with Gasteiger partial charge in [-0.15, -0.1) is 6.58 Å². The smallest absolute Gasteiger partial charge is 0.0503 e. The fraction of sp³-hybridized carbons (Fsp3) is 0.520. The van der Waals surface area contributed by atoms with Crippen LogP contribution in [0.25, 0.3) is 5.70 Å². The molecule has 0 radical (unpaired) electrons. The molecule has 1 nitrogen and oxygen atoms in total. The molecule has 1 unspecified atom stereocenters. The molecule has 1 atom stereocenters. The van der Waals surface area contributed by atoms with Gasteiger partial charge in [0.1, 0.15) is 0 Å². The normalized spacial score (nSPS) is 14.7. The predicted molar refractivity (Wildman–Crippen MR) is 116 cm³/mol. The van der Waals surface area contributed by atoms with Crippen molar-refractivity contribution in [2.75, 3.05) is 0 Å². The molecule has 0 fully saturated rings. The Bertz CT molecular complexity index is 661. The van der Waals surface area contributed by atoms with Gasteiger partial charge in [0, 0.05) is 17.8 Å². The summed E-state index contributed by atoms with van der Waals surface area (Å²) in [4.78, 5) is 2.45. The third-order valence-electron chi connectivity index (χ3n) is 5.66. The summed E-state index contributed by atoms with van der Waals surface area (Å²) in [6, 6.07) is 7.44. The van der Waals surface area contributed by atoms with E-state index in [9.17, 15) is 0 Å². The van der Waals surface area contributed by atoms with Crippen molar-refractivity contribution in [1.29, 1.82) is 0 Å². The van der Waals surface area contributed by atoms with Crippen LogP contribution in [0.15, 0.2) is 49.1 Å². The van der Waals surface area contributed by atoms with Crippen molar-refractivity contribution in [2.45, 2.75) is 84.7 Å². The summed E-state index contributed by atoms with van der Waals surface area (Å²) in [5, 5.41) is 0. The van der Waals surface area contributed by atoms with Crippen LogP contribution in [0.1, 0.15) is 88.8 Å². The third-order valence-corrected chi connectivity index (χ3v) is 5.66. The van der Waals surface area contributed by atoms with Gasteiger partial charge in [-0.2, -0.15) is 0 Å². The molecular weight excluding hydrogens is 314 g/mol. The Morgan fingerprint density at radius 1 is 1.08 bits per heavy atom. The molecule has 0 aromatic heterocycles. The number of hydrogen-bond acceptors (Lipinski definition) is 1. The minimum absolute atomic E-state index is 0.345. The number of benzene rings is 1. The van der Waals surface area contributed by atoms with E-state index >= 15 is 0 Å². The lowest BCUT2D eigenvalue weighted by molar-refractivity contribution is 0.319. The van der Waals surface area contributed by atoms with Crippen molar-refractivity contribution in [3.63, 3.8) is 0 Å². The Labute approximate surface area is 161 Å². The zero-order valence-corrected chi connectivity index (χ0v) is 17.4. The van der Waals surface area contributed by atoms with Gasteiger partial charge in [0.05, 0.1) is 6.04 Å². The highest BCUT2D eigenvalue weighted by Crippen LogP contribution is 2.38. The molecule has 1 heterocycles. The van der Waals surface area contributed by atoms with Crippen LogP contribution >= 0.6 is 0 Å². The van der Waals surface area contributed by atoms with E-state index in [0.29, 0.717) is 12.0 Å². The maximum atomic E-state index is 4.42. The second-order valence-electron chi connectivity index (χ2n) is 8.12. The molecule has 1 heteroatoms. The van der Waals surface area contributed by atoms with E-state index in [-0.39, 0.29) is 0 Å². The Morgan fingerprint density at radius 3 is 2.27 bits per heavy atom. The number of rotatable bonds is 10. The fourth-order valence-electron chi connectivity index (χ4n) is 4.24.